The lowest BCUT2D eigenvalue weighted by Crippen LogP contribution is -2.43. The zero-order valence-corrected chi connectivity index (χ0v) is 19.1. The van der Waals surface area contributed by atoms with Crippen molar-refractivity contribution in [3.63, 3.8) is 0 Å². The Hall–Kier alpha value is -2.13. The molecule has 0 spiro atoms. The van der Waals surface area contributed by atoms with E-state index in [1.807, 2.05) is 13.8 Å². The van der Waals surface area contributed by atoms with Crippen LogP contribution in [0.25, 0.3) is 0 Å². The first kappa shape index (κ1) is 24.1. The van der Waals surface area contributed by atoms with E-state index in [2.05, 4.69) is 5.32 Å². The fourth-order valence-electron chi connectivity index (χ4n) is 3.64. The number of carbonyl (C=O) groups excluding carboxylic acids is 2. The van der Waals surface area contributed by atoms with Crippen LogP contribution in [0.4, 0.5) is 5.69 Å². The molecule has 0 radical (unpaired) electrons. The molecular weight excluding hydrogens is 406 g/mol. The van der Waals surface area contributed by atoms with Crippen LogP contribution in [0.1, 0.15) is 47.0 Å². The summed E-state index contributed by atoms with van der Waals surface area (Å²) in [7, 11) is -3.67. The monoisotopic (exact) mass is 439 g/mol. The minimum Gasteiger partial charge on any atom is -0.492 e. The highest BCUT2D eigenvalue weighted by molar-refractivity contribution is 7.89. The van der Waals surface area contributed by atoms with Gasteiger partial charge in [0.15, 0.2) is 0 Å². The van der Waals surface area contributed by atoms with Gasteiger partial charge in [-0.2, -0.15) is 4.31 Å². The van der Waals surface area contributed by atoms with Crippen molar-refractivity contribution in [1.82, 2.24) is 9.21 Å². The fraction of sp³-hybridized carbons (Fsp3) is 0.619. The summed E-state index contributed by atoms with van der Waals surface area (Å²) in [5.41, 5.74) is 0.328. The Morgan fingerprint density at radius 1 is 1.20 bits per heavy atom. The Balaban J connectivity index is 2.28. The second-order valence-corrected chi connectivity index (χ2v) is 9.14. The molecule has 1 aliphatic heterocycles. The zero-order chi connectivity index (χ0) is 22.3. The molecule has 1 atom stereocenters. The molecule has 1 aliphatic rings. The van der Waals surface area contributed by atoms with Gasteiger partial charge in [-0.25, -0.2) is 8.42 Å². The van der Waals surface area contributed by atoms with Crippen molar-refractivity contribution in [2.75, 3.05) is 38.1 Å². The van der Waals surface area contributed by atoms with Gasteiger partial charge in [0.05, 0.1) is 23.1 Å². The molecule has 1 fully saturated rings. The second-order valence-electron chi connectivity index (χ2n) is 7.20. The molecule has 1 aromatic carbocycles. The average molecular weight is 440 g/mol. The molecular formula is C21H33N3O5S. The molecule has 30 heavy (non-hydrogen) atoms. The summed E-state index contributed by atoms with van der Waals surface area (Å²) in [5.74, 6) is -0.120. The molecule has 0 aromatic heterocycles. The number of hydrogen-bond donors (Lipinski definition) is 1. The maximum atomic E-state index is 12.9. The maximum absolute atomic E-state index is 12.9. The van der Waals surface area contributed by atoms with Gasteiger partial charge < -0.3 is 15.0 Å². The summed E-state index contributed by atoms with van der Waals surface area (Å²) in [4.78, 5) is 26.8. The molecule has 8 nitrogen and oxygen atoms in total. The quantitative estimate of drug-likeness (QED) is 0.638. The first-order valence-corrected chi connectivity index (χ1v) is 12.1. The van der Waals surface area contributed by atoms with Crippen molar-refractivity contribution in [3.8, 4) is 5.75 Å². The molecule has 1 aromatic rings. The van der Waals surface area contributed by atoms with Crippen LogP contribution in [0.5, 0.6) is 5.75 Å². The molecule has 1 N–H and O–H groups in total. The minimum atomic E-state index is -3.67. The van der Waals surface area contributed by atoms with E-state index in [1.54, 1.807) is 24.8 Å². The predicted molar refractivity (Wildman–Crippen MR) is 116 cm³/mol. The number of piperidine rings is 1. The van der Waals surface area contributed by atoms with Crippen LogP contribution in [-0.4, -0.2) is 62.2 Å². The van der Waals surface area contributed by atoms with Crippen LogP contribution in [0.3, 0.4) is 0 Å². The van der Waals surface area contributed by atoms with E-state index >= 15 is 0 Å². The van der Waals surface area contributed by atoms with Gasteiger partial charge in [0.25, 0.3) is 0 Å². The van der Waals surface area contributed by atoms with Crippen molar-refractivity contribution >= 4 is 27.5 Å². The summed E-state index contributed by atoms with van der Waals surface area (Å²) in [5, 5.41) is 2.85. The Kier molecular flexibility index (Phi) is 8.66. The maximum Gasteiger partial charge on any atom is 0.243 e. The topological polar surface area (TPSA) is 96.0 Å². The Labute approximate surface area is 179 Å². The Morgan fingerprint density at radius 2 is 1.90 bits per heavy atom. The van der Waals surface area contributed by atoms with Crippen LogP contribution in [0.2, 0.25) is 0 Å². The number of carbonyl (C=O) groups is 2. The van der Waals surface area contributed by atoms with E-state index in [-0.39, 0.29) is 22.6 Å². The van der Waals surface area contributed by atoms with Gasteiger partial charge in [0.2, 0.25) is 21.8 Å². The molecule has 2 amide bonds. The van der Waals surface area contributed by atoms with Crippen molar-refractivity contribution in [3.05, 3.63) is 18.2 Å². The average Bonchev–Trinajstić information content (AvgIpc) is 2.75. The largest absolute Gasteiger partial charge is 0.492 e. The van der Waals surface area contributed by atoms with Crippen LogP contribution in [0.15, 0.2) is 23.1 Å². The van der Waals surface area contributed by atoms with E-state index in [9.17, 15) is 18.0 Å². The summed E-state index contributed by atoms with van der Waals surface area (Å²) in [6, 6.07) is 4.52. The predicted octanol–water partition coefficient (Wildman–Crippen LogP) is 2.70. The SMILES string of the molecule is CCOc1ccc(S(=O)(=O)N(CC)CC)cc1NC(=O)C1CCCN(C(=O)CC)C1. The third-order valence-corrected chi connectivity index (χ3v) is 7.35. The number of sulfonamides is 1. The van der Waals surface area contributed by atoms with E-state index in [4.69, 9.17) is 4.74 Å². The fourth-order valence-corrected chi connectivity index (χ4v) is 5.12. The number of anilines is 1. The first-order chi connectivity index (χ1) is 14.3. The van der Waals surface area contributed by atoms with Gasteiger partial charge in [-0.3, -0.25) is 9.59 Å². The van der Waals surface area contributed by atoms with Gasteiger partial charge >= 0.3 is 0 Å². The number of ether oxygens (including phenoxy) is 1. The lowest BCUT2D eigenvalue weighted by Gasteiger charge is -2.32. The molecule has 1 saturated heterocycles. The third kappa shape index (κ3) is 5.51. The number of nitrogens with zero attached hydrogens (tertiary/aromatic N) is 2. The summed E-state index contributed by atoms with van der Waals surface area (Å²) >= 11 is 0. The van der Waals surface area contributed by atoms with Crippen LogP contribution >= 0.6 is 0 Å². The smallest absolute Gasteiger partial charge is 0.243 e. The first-order valence-electron chi connectivity index (χ1n) is 10.6. The second kappa shape index (κ2) is 10.8. The van der Waals surface area contributed by atoms with Crippen molar-refractivity contribution in [2.45, 2.75) is 51.9 Å². The molecule has 0 saturated carbocycles. The number of benzene rings is 1. The van der Waals surface area contributed by atoms with E-state index in [1.165, 1.54) is 16.4 Å². The molecule has 2 rings (SSSR count). The normalized spacial score (nSPS) is 17.1. The van der Waals surface area contributed by atoms with Crippen LogP contribution in [0, 0.1) is 5.92 Å². The summed E-state index contributed by atoms with van der Waals surface area (Å²) < 4.78 is 32.7. The molecule has 0 aliphatic carbocycles. The van der Waals surface area contributed by atoms with Gasteiger partial charge in [-0.1, -0.05) is 20.8 Å². The van der Waals surface area contributed by atoms with Crippen LogP contribution in [-0.2, 0) is 19.6 Å². The number of hydrogen-bond acceptors (Lipinski definition) is 5. The number of nitrogens with one attached hydrogen (secondary N) is 1. The molecule has 0 bridgehead atoms. The number of likely N-dealkylation sites (tertiary alicyclic amines) is 1. The molecule has 1 heterocycles. The van der Waals surface area contributed by atoms with Crippen molar-refractivity contribution in [2.24, 2.45) is 5.92 Å². The van der Waals surface area contributed by atoms with E-state index < -0.39 is 10.0 Å². The number of rotatable bonds is 9. The minimum absolute atomic E-state index is 0.0369. The van der Waals surface area contributed by atoms with Crippen LogP contribution < -0.4 is 10.1 Å². The van der Waals surface area contributed by atoms with Gasteiger partial charge in [0.1, 0.15) is 5.75 Å². The highest BCUT2D eigenvalue weighted by atomic mass is 32.2. The number of amides is 2. The third-order valence-electron chi connectivity index (χ3n) is 5.30. The van der Waals surface area contributed by atoms with E-state index in [0.29, 0.717) is 57.1 Å². The van der Waals surface area contributed by atoms with Gasteiger partial charge in [0, 0.05) is 32.6 Å². The summed E-state index contributed by atoms with van der Waals surface area (Å²) in [6.07, 6.45) is 1.85. The lowest BCUT2D eigenvalue weighted by molar-refractivity contribution is -0.134. The van der Waals surface area contributed by atoms with E-state index in [0.717, 1.165) is 6.42 Å². The molecule has 168 valence electrons. The standard InChI is InChI=1S/C21H33N3O5S/c1-5-20(25)23-13-9-10-16(15-23)21(26)22-18-14-17(11-12-19(18)29-8-4)30(27,28)24(6-2)7-3/h11-12,14,16H,5-10,13,15H2,1-4H3,(H,22,26). The van der Waals surface area contributed by atoms with Crippen molar-refractivity contribution in [1.29, 1.82) is 0 Å². The molecule has 9 heteroatoms. The highest BCUT2D eigenvalue weighted by Crippen LogP contribution is 2.30. The summed E-state index contributed by atoms with van der Waals surface area (Å²) in [6.45, 7) is 9.33. The highest BCUT2D eigenvalue weighted by Gasteiger charge is 2.29. The molecule has 1 unspecified atom stereocenters. The van der Waals surface area contributed by atoms with Gasteiger partial charge in [-0.15, -0.1) is 0 Å². The lowest BCUT2D eigenvalue weighted by atomic mass is 9.96. The zero-order valence-electron chi connectivity index (χ0n) is 18.3. The Morgan fingerprint density at radius 3 is 2.50 bits per heavy atom. The van der Waals surface area contributed by atoms with Gasteiger partial charge in [-0.05, 0) is 38.0 Å². The Bertz CT molecular complexity index is 852. The van der Waals surface area contributed by atoms with Crippen molar-refractivity contribution < 1.29 is 22.7 Å².